The van der Waals surface area contributed by atoms with Crippen LogP contribution in [0.3, 0.4) is 0 Å². The molecule has 0 bridgehead atoms. The molecule has 1 aliphatic heterocycles. The minimum atomic E-state index is 0.0153. The van der Waals surface area contributed by atoms with Gasteiger partial charge in [0.15, 0.2) is 0 Å². The van der Waals surface area contributed by atoms with E-state index in [1.54, 1.807) is 0 Å². The lowest BCUT2D eigenvalue weighted by Crippen LogP contribution is -2.40. The van der Waals surface area contributed by atoms with Crippen LogP contribution < -0.4 is 5.32 Å². The fraction of sp³-hybridized carbons (Fsp3) is 0.917. The highest BCUT2D eigenvalue weighted by Crippen LogP contribution is 2.23. The topological polar surface area (TPSA) is 58.6 Å². The van der Waals surface area contributed by atoms with E-state index in [0.717, 1.165) is 25.7 Å². The summed E-state index contributed by atoms with van der Waals surface area (Å²) in [5.41, 5.74) is 0. The molecule has 94 valence electrons. The summed E-state index contributed by atoms with van der Waals surface area (Å²) < 4.78 is 5.50. The van der Waals surface area contributed by atoms with Gasteiger partial charge in [-0.2, -0.15) is 0 Å². The van der Waals surface area contributed by atoms with Crippen LogP contribution >= 0.6 is 0 Å². The predicted octanol–water partition coefficient (Wildman–Crippen LogP) is 1.08. The summed E-state index contributed by atoms with van der Waals surface area (Å²) in [6.07, 6.45) is 3.37. The van der Waals surface area contributed by atoms with E-state index in [1.807, 2.05) is 13.8 Å². The Morgan fingerprint density at radius 2 is 2.38 bits per heavy atom. The van der Waals surface area contributed by atoms with Gasteiger partial charge < -0.3 is 15.2 Å². The van der Waals surface area contributed by atoms with E-state index in [4.69, 9.17) is 9.84 Å². The van der Waals surface area contributed by atoms with Gasteiger partial charge in [-0.1, -0.05) is 6.92 Å². The lowest BCUT2D eigenvalue weighted by molar-refractivity contribution is -0.127. The maximum absolute atomic E-state index is 11.9. The lowest BCUT2D eigenvalue weighted by Gasteiger charge is -2.19. The largest absolute Gasteiger partial charge is 0.396 e. The smallest absolute Gasteiger partial charge is 0.226 e. The molecule has 1 heterocycles. The summed E-state index contributed by atoms with van der Waals surface area (Å²) in [6.45, 7) is 4.90. The number of rotatable bonds is 6. The minimum absolute atomic E-state index is 0.0153. The Balaban J connectivity index is 2.33. The van der Waals surface area contributed by atoms with Crippen molar-refractivity contribution in [2.24, 2.45) is 5.92 Å². The molecule has 3 unspecified atom stereocenters. The molecule has 1 fully saturated rings. The van der Waals surface area contributed by atoms with Crippen LogP contribution in [-0.2, 0) is 9.53 Å². The van der Waals surface area contributed by atoms with Crippen LogP contribution in [-0.4, -0.2) is 36.4 Å². The van der Waals surface area contributed by atoms with E-state index >= 15 is 0 Å². The molecule has 16 heavy (non-hydrogen) atoms. The van der Waals surface area contributed by atoms with Gasteiger partial charge in [0.1, 0.15) is 0 Å². The summed E-state index contributed by atoms with van der Waals surface area (Å²) in [6, 6.07) is 0.137. The molecule has 0 aromatic carbocycles. The molecule has 0 radical (unpaired) electrons. The van der Waals surface area contributed by atoms with E-state index in [1.165, 1.54) is 0 Å². The first kappa shape index (κ1) is 13.5. The Labute approximate surface area is 97.4 Å². The lowest BCUT2D eigenvalue weighted by atomic mass is 9.98. The van der Waals surface area contributed by atoms with Gasteiger partial charge >= 0.3 is 0 Å². The molecule has 3 atom stereocenters. The van der Waals surface area contributed by atoms with Crippen LogP contribution in [0, 0.1) is 5.92 Å². The third-order valence-corrected chi connectivity index (χ3v) is 3.13. The Bertz CT molecular complexity index is 220. The van der Waals surface area contributed by atoms with Crippen LogP contribution in [0.25, 0.3) is 0 Å². The number of ether oxygens (including phenoxy) is 1. The second-order valence-corrected chi connectivity index (χ2v) is 4.49. The van der Waals surface area contributed by atoms with Crippen molar-refractivity contribution in [1.82, 2.24) is 5.32 Å². The highest BCUT2D eigenvalue weighted by atomic mass is 16.5. The van der Waals surface area contributed by atoms with Crippen molar-refractivity contribution in [1.29, 1.82) is 0 Å². The van der Waals surface area contributed by atoms with Crippen LogP contribution in [0.15, 0.2) is 0 Å². The SMILES string of the molecule is CCC1OCCC1C(=O)NC(C)CCCO. The summed E-state index contributed by atoms with van der Waals surface area (Å²) in [7, 11) is 0. The molecule has 1 amide bonds. The molecule has 0 aliphatic carbocycles. The number of amides is 1. The molecule has 2 N–H and O–H groups in total. The Kier molecular flexibility index (Phi) is 5.77. The van der Waals surface area contributed by atoms with Gasteiger partial charge in [0.05, 0.1) is 12.0 Å². The zero-order chi connectivity index (χ0) is 12.0. The first-order valence-electron chi connectivity index (χ1n) is 6.21. The highest BCUT2D eigenvalue weighted by molar-refractivity contribution is 5.79. The number of aliphatic hydroxyl groups is 1. The molecule has 4 heteroatoms. The fourth-order valence-corrected chi connectivity index (χ4v) is 2.17. The van der Waals surface area contributed by atoms with Crippen molar-refractivity contribution in [3.05, 3.63) is 0 Å². The van der Waals surface area contributed by atoms with Crippen molar-refractivity contribution in [2.45, 2.75) is 51.7 Å². The van der Waals surface area contributed by atoms with E-state index in [9.17, 15) is 4.79 Å². The van der Waals surface area contributed by atoms with Crippen molar-refractivity contribution < 1.29 is 14.6 Å². The molecule has 0 aromatic heterocycles. The molecule has 1 rings (SSSR count). The number of carbonyl (C=O) groups excluding carboxylic acids is 1. The van der Waals surface area contributed by atoms with Gasteiger partial charge in [-0.05, 0) is 32.6 Å². The highest BCUT2D eigenvalue weighted by Gasteiger charge is 2.32. The maximum Gasteiger partial charge on any atom is 0.226 e. The Morgan fingerprint density at radius 3 is 3.00 bits per heavy atom. The van der Waals surface area contributed by atoms with E-state index < -0.39 is 0 Å². The third-order valence-electron chi connectivity index (χ3n) is 3.13. The third kappa shape index (κ3) is 3.76. The van der Waals surface area contributed by atoms with Crippen LogP contribution in [0.2, 0.25) is 0 Å². The van der Waals surface area contributed by atoms with Crippen LogP contribution in [0.1, 0.15) is 39.5 Å². The molecular formula is C12H23NO3. The second kappa shape index (κ2) is 6.86. The monoisotopic (exact) mass is 229 g/mol. The molecule has 1 aliphatic rings. The van der Waals surface area contributed by atoms with E-state index in [-0.39, 0.29) is 30.6 Å². The van der Waals surface area contributed by atoms with E-state index in [2.05, 4.69) is 5.32 Å². The molecule has 1 saturated heterocycles. The normalized spacial score (nSPS) is 26.7. The molecule has 0 saturated carbocycles. The number of hydrogen-bond donors (Lipinski definition) is 2. The fourth-order valence-electron chi connectivity index (χ4n) is 2.17. The van der Waals surface area contributed by atoms with Gasteiger partial charge in [0.2, 0.25) is 5.91 Å². The van der Waals surface area contributed by atoms with Gasteiger partial charge in [0.25, 0.3) is 0 Å². The molecule has 0 aromatic rings. The number of nitrogens with one attached hydrogen (secondary N) is 1. The van der Waals surface area contributed by atoms with Gasteiger partial charge in [-0.15, -0.1) is 0 Å². The van der Waals surface area contributed by atoms with Crippen LogP contribution in [0.4, 0.5) is 0 Å². The number of aliphatic hydroxyl groups excluding tert-OH is 1. The van der Waals surface area contributed by atoms with Crippen molar-refractivity contribution >= 4 is 5.91 Å². The summed E-state index contributed by atoms with van der Waals surface area (Å²) in [4.78, 5) is 11.9. The Morgan fingerprint density at radius 1 is 1.62 bits per heavy atom. The number of hydrogen-bond acceptors (Lipinski definition) is 3. The Hall–Kier alpha value is -0.610. The molecule has 0 spiro atoms. The zero-order valence-corrected chi connectivity index (χ0v) is 10.2. The van der Waals surface area contributed by atoms with Gasteiger partial charge in [0, 0.05) is 19.3 Å². The van der Waals surface area contributed by atoms with Crippen molar-refractivity contribution in [2.75, 3.05) is 13.2 Å². The standard InChI is InChI=1S/C12H23NO3/c1-3-11-10(6-8-16-11)12(15)13-9(2)5-4-7-14/h9-11,14H,3-8H2,1-2H3,(H,13,15). The van der Waals surface area contributed by atoms with Crippen LogP contribution in [0.5, 0.6) is 0 Å². The maximum atomic E-state index is 11.9. The summed E-state index contributed by atoms with van der Waals surface area (Å²) >= 11 is 0. The average molecular weight is 229 g/mol. The average Bonchev–Trinajstić information content (AvgIpc) is 2.74. The van der Waals surface area contributed by atoms with Crippen molar-refractivity contribution in [3.63, 3.8) is 0 Å². The predicted molar refractivity (Wildman–Crippen MR) is 62.1 cm³/mol. The minimum Gasteiger partial charge on any atom is -0.396 e. The first-order chi connectivity index (χ1) is 7.69. The van der Waals surface area contributed by atoms with Gasteiger partial charge in [-0.3, -0.25) is 4.79 Å². The van der Waals surface area contributed by atoms with E-state index in [0.29, 0.717) is 6.61 Å². The quantitative estimate of drug-likeness (QED) is 0.716. The first-order valence-corrected chi connectivity index (χ1v) is 6.21. The molecule has 4 nitrogen and oxygen atoms in total. The summed E-state index contributed by atoms with van der Waals surface area (Å²) in [5, 5.41) is 11.7. The van der Waals surface area contributed by atoms with Crippen molar-refractivity contribution in [3.8, 4) is 0 Å². The molecular weight excluding hydrogens is 206 g/mol. The second-order valence-electron chi connectivity index (χ2n) is 4.49. The van der Waals surface area contributed by atoms with Gasteiger partial charge in [-0.25, -0.2) is 0 Å². The zero-order valence-electron chi connectivity index (χ0n) is 10.2. The number of carbonyl (C=O) groups is 1. The summed E-state index contributed by atoms with van der Waals surface area (Å²) in [5.74, 6) is 0.122.